The minimum absolute atomic E-state index is 0.0460. The molecule has 104 valence electrons. The molecule has 0 atom stereocenters. The van der Waals surface area contributed by atoms with Crippen molar-refractivity contribution < 1.29 is 9.18 Å². The van der Waals surface area contributed by atoms with Crippen LogP contribution in [0.15, 0.2) is 18.2 Å². The Hall–Kier alpha value is -1.68. The number of rotatable bonds is 1. The largest absolute Gasteiger partial charge is 0.390 e. The summed E-state index contributed by atoms with van der Waals surface area (Å²) in [6.45, 7) is 5.66. The van der Waals surface area contributed by atoms with Gasteiger partial charge in [-0.2, -0.15) is 0 Å². The van der Waals surface area contributed by atoms with E-state index in [-0.39, 0.29) is 11.6 Å². The lowest BCUT2D eigenvalue weighted by atomic mass is 9.85. The lowest BCUT2D eigenvalue weighted by Gasteiger charge is -2.17. The van der Waals surface area contributed by atoms with Crippen LogP contribution in [0.5, 0.6) is 0 Å². The number of carbonyl (C=O) groups is 1. The molecule has 1 aliphatic rings. The first kappa shape index (κ1) is 13.3. The summed E-state index contributed by atoms with van der Waals surface area (Å²) in [5.74, 6) is -0.194. The molecule has 2 aromatic rings. The number of thiophene rings is 1. The monoisotopic (exact) mass is 289 g/mol. The first-order valence-electron chi connectivity index (χ1n) is 6.54. The van der Waals surface area contributed by atoms with Gasteiger partial charge < -0.3 is 5.73 Å². The van der Waals surface area contributed by atoms with E-state index >= 15 is 0 Å². The molecule has 0 aliphatic heterocycles. The lowest BCUT2D eigenvalue weighted by molar-refractivity contribution is 0.0860. The maximum atomic E-state index is 13.3. The molecule has 1 aromatic carbocycles. The molecule has 20 heavy (non-hydrogen) atoms. The minimum atomic E-state index is -0.480. The number of benzene rings is 1. The summed E-state index contributed by atoms with van der Waals surface area (Å²) >= 11 is 1.44. The van der Waals surface area contributed by atoms with Gasteiger partial charge in [-0.3, -0.25) is 4.79 Å². The minimum Gasteiger partial charge on any atom is -0.390 e. The maximum Gasteiger partial charge on any atom is 0.171 e. The smallest absolute Gasteiger partial charge is 0.171 e. The van der Waals surface area contributed by atoms with Gasteiger partial charge in [0.15, 0.2) is 5.78 Å². The number of fused-ring (bicyclic) bond motifs is 3. The molecule has 0 radical (unpaired) electrons. The third kappa shape index (κ3) is 1.86. The Kier molecular flexibility index (Phi) is 2.77. The number of nitrogens with two attached hydrogens (primary N) is 1. The van der Waals surface area contributed by atoms with Crippen molar-refractivity contribution in [1.29, 1.82) is 0 Å². The van der Waals surface area contributed by atoms with Crippen LogP contribution in [0, 0.1) is 11.2 Å². The second kappa shape index (κ2) is 4.16. The number of anilines is 1. The molecule has 2 nitrogen and oxygen atoms in total. The number of ketones is 1. The summed E-state index contributed by atoms with van der Waals surface area (Å²) in [7, 11) is 0. The van der Waals surface area contributed by atoms with E-state index in [1.807, 2.05) is 20.8 Å². The predicted molar refractivity (Wildman–Crippen MR) is 80.7 cm³/mol. The molecule has 1 aliphatic carbocycles. The van der Waals surface area contributed by atoms with E-state index in [0.29, 0.717) is 17.0 Å². The van der Waals surface area contributed by atoms with Crippen LogP contribution in [0.2, 0.25) is 0 Å². The van der Waals surface area contributed by atoms with E-state index in [1.54, 1.807) is 12.1 Å². The van der Waals surface area contributed by atoms with Gasteiger partial charge in [-0.05, 0) is 23.3 Å². The van der Waals surface area contributed by atoms with Gasteiger partial charge in [0.25, 0.3) is 0 Å². The van der Waals surface area contributed by atoms with E-state index in [9.17, 15) is 9.18 Å². The summed E-state index contributed by atoms with van der Waals surface area (Å²) < 4.78 is 13.3. The third-order valence-corrected chi connectivity index (χ3v) is 4.62. The van der Waals surface area contributed by atoms with Crippen molar-refractivity contribution >= 4 is 22.1 Å². The van der Waals surface area contributed by atoms with Crippen LogP contribution in [-0.2, 0) is 6.42 Å². The van der Waals surface area contributed by atoms with Gasteiger partial charge in [-0.15, -0.1) is 11.3 Å². The Bertz CT molecular complexity index is 725. The van der Waals surface area contributed by atoms with E-state index in [0.717, 1.165) is 21.6 Å². The molecule has 0 fully saturated rings. The van der Waals surface area contributed by atoms with Gasteiger partial charge in [0.05, 0.1) is 10.6 Å². The van der Waals surface area contributed by atoms with Crippen LogP contribution in [0.3, 0.4) is 0 Å². The average molecular weight is 289 g/mol. The molecular formula is C16H16FNOS. The van der Waals surface area contributed by atoms with Gasteiger partial charge in [0.2, 0.25) is 0 Å². The van der Waals surface area contributed by atoms with E-state index in [2.05, 4.69) is 0 Å². The molecule has 4 heteroatoms. The zero-order valence-corrected chi connectivity index (χ0v) is 12.5. The van der Waals surface area contributed by atoms with Crippen molar-refractivity contribution in [2.24, 2.45) is 5.41 Å². The molecule has 0 saturated carbocycles. The number of carbonyl (C=O) groups excluding carboxylic acids is 1. The van der Waals surface area contributed by atoms with Crippen molar-refractivity contribution in [2.75, 3.05) is 5.73 Å². The van der Waals surface area contributed by atoms with Gasteiger partial charge in [-0.25, -0.2) is 4.39 Å². The molecule has 0 spiro atoms. The Morgan fingerprint density at radius 3 is 2.70 bits per heavy atom. The second-order valence-electron chi connectivity index (χ2n) is 6.20. The van der Waals surface area contributed by atoms with Gasteiger partial charge in [-0.1, -0.05) is 26.8 Å². The zero-order chi connectivity index (χ0) is 14.7. The van der Waals surface area contributed by atoms with Crippen LogP contribution < -0.4 is 5.73 Å². The number of hydrogen-bond acceptors (Lipinski definition) is 3. The number of Topliss-reactive ketones (excluding diaryl/α,β-unsaturated/α-hetero) is 1. The molecule has 0 bridgehead atoms. The quantitative estimate of drug-likeness (QED) is 0.680. The molecule has 0 amide bonds. The summed E-state index contributed by atoms with van der Waals surface area (Å²) in [5.41, 5.74) is 9.00. The topological polar surface area (TPSA) is 43.1 Å². The number of nitrogen functional groups attached to an aromatic ring is 1. The highest BCUT2D eigenvalue weighted by atomic mass is 32.1. The normalized spacial score (nSPS) is 13.2. The van der Waals surface area contributed by atoms with Crippen LogP contribution in [0.1, 0.15) is 41.6 Å². The molecule has 3 rings (SSSR count). The number of halogens is 1. The Morgan fingerprint density at radius 1 is 1.35 bits per heavy atom. The fraction of sp³-hybridized carbons (Fsp3) is 0.312. The summed E-state index contributed by atoms with van der Waals surface area (Å²) in [6.07, 6.45) is 0.661. The fourth-order valence-electron chi connectivity index (χ4n) is 2.63. The van der Waals surface area contributed by atoms with Crippen LogP contribution in [0.4, 0.5) is 9.39 Å². The SMILES string of the molecule is CC(C)(C)C(=O)c1c(N)sc2c1-c1ccc(F)cc1C2. The summed E-state index contributed by atoms with van der Waals surface area (Å²) in [5, 5.41) is 0.574. The highest BCUT2D eigenvalue weighted by molar-refractivity contribution is 7.17. The summed E-state index contributed by atoms with van der Waals surface area (Å²) in [4.78, 5) is 13.7. The van der Waals surface area contributed by atoms with E-state index in [4.69, 9.17) is 5.73 Å². The fourth-order valence-corrected chi connectivity index (χ4v) is 3.74. The van der Waals surface area contributed by atoms with Crippen molar-refractivity contribution in [1.82, 2.24) is 0 Å². The first-order valence-corrected chi connectivity index (χ1v) is 7.35. The standard InChI is InChI=1S/C16H16FNOS/c1-16(2,3)14(19)13-12-10-5-4-9(17)6-8(10)7-11(12)20-15(13)18/h4-6H,7,18H2,1-3H3. The van der Waals surface area contributed by atoms with E-state index < -0.39 is 5.41 Å². The predicted octanol–water partition coefficient (Wildman–Crippen LogP) is 4.27. The molecular weight excluding hydrogens is 273 g/mol. The van der Waals surface area contributed by atoms with Crippen molar-refractivity contribution in [3.63, 3.8) is 0 Å². The van der Waals surface area contributed by atoms with Crippen molar-refractivity contribution in [2.45, 2.75) is 27.2 Å². The second-order valence-corrected chi connectivity index (χ2v) is 7.33. The van der Waals surface area contributed by atoms with Crippen LogP contribution in [0.25, 0.3) is 11.1 Å². The summed E-state index contributed by atoms with van der Waals surface area (Å²) in [6, 6.07) is 4.73. The molecule has 0 unspecified atom stereocenters. The van der Waals surface area contributed by atoms with Gasteiger partial charge >= 0.3 is 0 Å². The van der Waals surface area contributed by atoms with E-state index in [1.165, 1.54) is 17.4 Å². The first-order chi connectivity index (χ1) is 9.29. The van der Waals surface area contributed by atoms with Gasteiger partial charge in [0.1, 0.15) is 5.82 Å². The van der Waals surface area contributed by atoms with Crippen molar-refractivity contribution in [3.05, 3.63) is 40.0 Å². The molecule has 1 heterocycles. The Labute approximate surface area is 121 Å². The Balaban J connectivity index is 2.22. The zero-order valence-electron chi connectivity index (χ0n) is 11.7. The highest BCUT2D eigenvalue weighted by Gasteiger charge is 2.34. The Morgan fingerprint density at radius 2 is 2.05 bits per heavy atom. The van der Waals surface area contributed by atoms with Gasteiger partial charge in [0, 0.05) is 22.3 Å². The lowest BCUT2D eigenvalue weighted by Crippen LogP contribution is -2.21. The molecule has 0 saturated heterocycles. The van der Waals surface area contributed by atoms with Crippen LogP contribution in [-0.4, -0.2) is 5.78 Å². The molecule has 2 N–H and O–H groups in total. The molecule has 1 aromatic heterocycles. The average Bonchev–Trinajstić information content (AvgIpc) is 2.80. The highest BCUT2D eigenvalue weighted by Crippen LogP contribution is 2.48. The maximum absolute atomic E-state index is 13.3. The van der Waals surface area contributed by atoms with Crippen LogP contribution >= 0.6 is 11.3 Å². The number of hydrogen-bond donors (Lipinski definition) is 1. The third-order valence-electron chi connectivity index (χ3n) is 3.60. The van der Waals surface area contributed by atoms with Crippen molar-refractivity contribution in [3.8, 4) is 11.1 Å².